The van der Waals surface area contributed by atoms with E-state index in [0.29, 0.717) is 22.3 Å². The van der Waals surface area contributed by atoms with Crippen molar-refractivity contribution in [2.45, 2.75) is 12.8 Å². The summed E-state index contributed by atoms with van der Waals surface area (Å²) in [5.74, 6) is -3.14. The Hall–Kier alpha value is -4.44. The Labute approximate surface area is 210 Å². The van der Waals surface area contributed by atoms with Crippen LogP contribution in [0.15, 0.2) is 121 Å². The molecule has 2 atom stereocenters. The highest BCUT2D eigenvalue weighted by molar-refractivity contribution is 6.10. The molecule has 36 heavy (non-hydrogen) atoms. The lowest BCUT2D eigenvalue weighted by atomic mass is 9.75. The first-order chi connectivity index (χ1) is 17.5. The molecule has 0 heterocycles. The van der Waals surface area contributed by atoms with Crippen molar-refractivity contribution in [2.75, 3.05) is 0 Å². The second kappa shape index (κ2) is 11.8. The third-order valence-electron chi connectivity index (χ3n) is 6.28. The predicted octanol–water partition coefficient (Wildman–Crippen LogP) is 6.53. The van der Waals surface area contributed by atoms with Gasteiger partial charge in [0.25, 0.3) is 0 Å². The van der Waals surface area contributed by atoms with Gasteiger partial charge in [-0.2, -0.15) is 0 Å². The molecule has 0 bridgehead atoms. The van der Waals surface area contributed by atoms with Crippen LogP contribution >= 0.6 is 0 Å². The van der Waals surface area contributed by atoms with E-state index in [0.717, 1.165) is 0 Å². The minimum atomic E-state index is -1.000. The molecule has 4 nitrogen and oxygen atoms in total. The van der Waals surface area contributed by atoms with Gasteiger partial charge in [0.15, 0.2) is 23.1 Å². The van der Waals surface area contributed by atoms with Crippen LogP contribution in [0.25, 0.3) is 0 Å². The van der Waals surface area contributed by atoms with Crippen molar-refractivity contribution < 1.29 is 19.2 Å². The van der Waals surface area contributed by atoms with Gasteiger partial charge in [-0.05, 0) is 0 Å². The van der Waals surface area contributed by atoms with Gasteiger partial charge in [0.1, 0.15) is 0 Å². The molecule has 4 rings (SSSR count). The molecule has 0 aliphatic rings. The number of carbonyl (C=O) groups is 4. The van der Waals surface area contributed by atoms with E-state index in [1.807, 2.05) is 12.1 Å². The van der Waals surface area contributed by atoms with E-state index >= 15 is 0 Å². The fourth-order valence-electron chi connectivity index (χ4n) is 4.35. The Morgan fingerprint density at radius 1 is 0.389 bits per heavy atom. The Morgan fingerprint density at radius 3 is 0.917 bits per heavy atom. The number of rotatable bonds is 11. The molecule has 0 saturated heterocycles. The molecule has 0 aliphatic heterocycles. The molecule has 4 heteroatoms. The number of benzene rings is 4. The molecule has 0 fully saturated rings. The monoisotopic (exact) mass is 474 g/mol. The van der Waals surface area contributed by atoms with Gasteiger partial charge >= 0.3 is 0 Å². The highest BCUT2D eigenvalue weighted by Crippen LogP contribution is 2.30. The molecule has 0 aliphatic carbocycles. The highest BCUT2D eigenvalue weighted by atomic mass is 16.1. The van der Waals surface area contributed by atoms with Crippen molar-refractivity contribution >= 4 is 23.1 Å². The normalized spacial score (nSPS) is 12.3. The summed E-state index contributed by atoms with van der Waals surface area (Å²) in [5, 5.41) is 0. The maximum absolute atomic E-state index is 13.8. The standard InChI is InChI=1S/C32H26O4/c33-29(23-13-5-1-6-14-23)21-27(31(35)25-17-9-3-10-18-25)28(32(36)26-19-11-4-12-20-26)22-30(34)24-15-7-2-8-16-24/h1-20,27-28H,21-22H2. The van der Waals surface area contributed by atoms with Gasteiger partial charge < -0.3 is 0 Å². The van der Waals surface area contributed by atoms with Crippen LogP contribution < -0.4 is 0 Å². The molecule has 0 radical (unpaired) electrons. The number of ketones is 4. The van der Waals surface area contributed by atoms with E-state index in [1.54, 1.807) is 109 Å². The summed E-state index contributed by atoms with van der Waals surface area (Å²) in [7, 11) is 0. The molecule has 4 aromatic carbocycles. The van der Waals surface area contributed by atoms with Gasteiger partial charge in [-0.3, -0.25) is 19.2 Å². The first kappa shape index (κ1) is 24.7. The molecule has 0 amide bonds. The smallest absolute Gasteiger partial charge is 0.167 e. The van der Waals surface area contributed by atoms with Crippen LogP contribution in [0.5, 0.6) is 0 Å². The van der Waals surface area contributed by atoms with E-state index in [-0.39, 0.29) is 36.0 Å². The minimum absolute atomic E-state index is 0.178. The van der Waals surface area contributed by atoms with E-state index in [4.69, 9.17) is 0 Å². The number of Topliss-reactive ketones (excluding diaryl/α,β-unsaturated/α-hetero) is 4. The van der Waals surface area contributed by atoms with Crippen LogP contribution in [-0.2, 0) is 0 Å². The average Bonchev–Trinajstić information content (AvgIpc) is 2.95. The summed E-state index contributed by atoms with van der Waals surface area (Å²) in [6.07, 6.45) is -0.355. The van der Waals surface area contributed by atoms with E-state index < -0.39 is 11.8 Å². The van der Waals surface area contributed by atoms with Gasteiger partial charge in [0.05, 0.1) is 0 Å². The predicted molar refractivity (Wildman–Crippen MR) is 139 cm³/mol. The second-order valence-corrected chi connectivity index (χ2v) is 8.66. The molecule has 0 spiro atoms. The Balaban J connectivity index is 1.76. The van der Waals surface area contributed by atoms with Crippen LogP contribution in [0.3, 0.4) is 0 Å². The van der Waals surface area contributed by atoms with Crippen molar-refractivity contribution in [3.8, 4) is 0 Å². The van der Waals surface area contributed by atoms with E-state index in [1.165, 1.54) is 0 Å². The largest absolute Gasteiger partial charge is 0.294 e. The maximum Gasteiger partial charge on any atom is 0.167 e. The molecule has 0 aromatic heterocycles. The summed E-state index contributed by atoms with van der Waals surface area (Å²) in [6.45, 7) is 0. The highest BCUT2D eigenvalue weighted by Gasteiger charge is 2.37. The summed E-state index contributed by atoms with van der Waals surface area (Å²) < 4.78 is 0. The third kappa shape index (κ3) is 5.97. The SMILES string of the molecule is O=C(CC(C(=O)c1ccccc1)C(CC(=O)c1ccccc1)C(=O)c1ccccc1)c1ccccc1. The Bertz CT molecular complexity index is 1220. The quantitative estimate of drug-likeness (QED) is 0.232. The van der Waals surface area contributed by atoms with Crippen LogP contribution in [0.1, 0.15) is 54.3 Å². The zero-order valence-corrected chi connectivity index (χ0v) is 19.7. The molecular formula is C32H26O4. The van der Waals surface area contributed by atoms with Gasteiger partial charge in [0.2, 0.25) is 0 Å². The van der Waals surface area contributed by atoms with Crippen LogP contribution in [0.2, 0.25) is 0 Å². The summed E-state index contributed by atoms with van der Waals surface area (Å²) in [4.78, 5) is 54.1. The number of carbonyl (C=O) groups excluding carboxylic acids is 4. The molecule has 0 N–H and O–H groups in total. The van der Waals surface area contributed by atoms with E-state index in [9.17, 15) is 19.2 Å². The second-order valence-electron chi connectivity index (χ2n) is 8.66. The third-order valence-corrected chi connectivity index (χ3v) is 6.28. The van der Waals surface area contributed by atoms with Gasteiger partial charge in [-0.25, -0.2) is 0 Å². The summed E-state index contributed by atoms with van der Waals surface area (Å²) in [5.41, 5.74) is 1.73. The molecule has 2 unspecified atom stereocenters. The minimum Gasteiger partial charge on any atom is -0.294 e. The van der Waals surface area contributed by atoms with Crippen molar-refractivity contribution in [2.24, 2.45) is 11.8 Å². The van der Waals surface area contributed by atoms with E-state index in [2.05, 4.69) is 0 Å². The zero-order chi connectivity index (χ0) is 25.3. The first-order valence-corrected chi connectivity index (χ1v) is 11.9. The fraction of sp³-hybridized carbons (Fsp3) is 0.125. The molecule has 0 saturated carbocycles. The van der Waals surface area contributed by atoms with Crippen LogP contribution in [-0.4, -0.2) is 23.1 Å². The lowest BCUT2D eigenvalue weighted by molar-refractivity contribution is 0.0694. The van der Waals surface area contributed by atoms with Crippen molar-refractivity contribution in [3.63, 3.8) is 0 Å². The molecule has 4 aromatic rings. The Kier molecular flexibility index (Phi) is 8.09. The fourth-order valence-corrected chi connectivity index (χ4v) is 4.35. The van der Waals surface area contributed by atoms with Crippen LogP contribution in [0, 0.1) is 11.8 Å². The number of hydrogen-bond acceptors (Lipinski definition) is 4. The lowest BCUT2D eigenvalue weighted by Crippen LogP contribution is -2.34. The number of hydrogen-bond donors (Lipinski definition) is 0. The van der Waals surface area contributed by atoms with Gasteiger partial charge in [-0.15, -0.1) is 0 Å². The first-order valence-electron chi connectivity index (χ1n) is 11.9. The summed E-state index contributed by atoms with van der Waals surface area (Å²) >= 11 is 0. The lowest BCUT2D eigenvalue weighted by Gasteiger charge is -2.25. The Morgan fingerprint density at radius 2 is 0.639 bits per heavy atom. The molecular weight excluding hydrogens is 448 g/mol. The van der Waals surface area contributed by atoms with Crippen molar-refractivity contribution in [1.29, 1.82) is 0 Å². The van der Waals surface area contributed by atoms with Gasteiger partial charge in [-0.1, -0.05) is 121 Å². The average molecular weight is 475 g/mol. The van der Waals surface area contributed by atoms with Crippen molar-refractivity contribution in [1.82, 2.24) is 0 Å². The summed E-state index contributed by atoms with van der Waals surface area (Å²) in [6, 6.07) is 34.7. The zero-order valence-electron chi connectivity index (χ0n) is 19.7. The topological polar surface area (TPSA) is 68.3 Å². The van der Waals surface area contributed by atoms with Gasteiger partial charge in [0, 0.05) is 46.9 Å². The van der Waals surface area contributed by atoms with Crippen LogP contribution in [0.4, 0.5) is 0 Å². The molecule has 178 valence electrons. The van der Waals surface area contributed by atoms with Crippen molar-refractivity contribution in [3.05, 3.63) is 144 Å². The maximum atomic E-state index is 13.8.